The van der Waals surface area contributed by atoms with Gasteiger partial charge in [0.25, 0.3) is 10.2 Å². The Labute approximate surface area is 95.7 Å². The molecule has 1 rings (SSSR count). The first-order valence-corrected chi connectivity index (χ1v) is 6.42. The predicted molar refractivity (Wildman–Crippen MR) is 62.1 cm³/mol. The molecule has 6 heteroatoms. The zero-order valence-electron chi connectivity index (χ0n) is 9.27. The van der Waals surface area contributed by atoms with Crippen LogP contribution in [0, 0.1) is 0 Å². The van der Waals surface area contributed by atoms with Gasteiger partial charge < -0.3 is 5.11 Å². The van der Waals surface area contributed by atoms with Crippen LogP contribution >= 0.6 is 0 Å². The summed E-state index contributed by atoms with van der Waals surface area (Å²) in [6, 6.07) is 6.21. The van der Waals surface area contributed by atoms with Crippen molar-refractivity contribution in [1.82, 2.24) is 9.44 Å². The van der Waals surface area contributed by atoms with Crippen LogP contribution in [0.25, 0.3) is 0 Å². The van der Waals surface area contributed by atoms with Crippen LogP contribution in [0.3, 0.4) is 0 Å². The van der Waals surface area contributed by atoms with Gasteiger partial charge in [0.15, 0.2) is 0 Å². The van der Waals surface area contributed by atoms with E-state index in [1.54, 1.807) is 26.0 Å². The number of benzene rings is 1. The van der Waals surface area contributed by atoms with E-state index in [1.165, 1.54) is 12.1 Å². The smallest absolute Gasteiger partial charge is 0.277 e. The van der Waals surface area contributed by atoms with E-state index in [2.05, 4.69) is 9.44 Å². The highest BCUT2D eigenvalue weighted by Crippen LogP contribution is 2.09. The SMILES string of the molecule is CC(C)NS(=O)(=O)NCc1ccc(O)cc1. The van der Waals surface area contributed by atoms with Crippen LogP contribution in [0.5, 0.6) is 5.75 Å². The topological polar surface area (TPSA) is 78.4 Å². The van der Waals surface area contributed by atoms with Crippen molar-refractivity contribution >= 4 is 10.2 Å². The lowest BCUT2D eigenvalue weighted by atomic mass is 10.2. The van der Waals surface area contributed by atoms with E-state index in [0.717, 1.165) is 5.56 Å². The number of hydrogen-bond donors (Lipinski definition) is 3. The maximum atomic E-state index is 11.4. The van der Waals surface area contributed by atoms with Crippen LogP contribution in [-0.2, 0) is 16.8 Å². The van der Waals surface area contributed by atoms with Gasteiger partial charge in [-0.15, -0.1) is 0 Å². The van der Waals surface area contributed by atoms with E-state index >= 15 is 0 Å². The average molecular weight is 244 g/mol. The number of phenols is 1. The molecule has 1 aromatic rings. The molecule has 5 nitrogen and oxygen atoms in total. The van der Waals surface area contributed by atoms with E-state index in [9.17, 15) is 8.42 Å². The fourth-order valence-corrected chi connectivity index (χ4v) is 2.20. The highest BCUT2D eigenvalue weighted by molar-refractivity contribution is 7.87. The maximum Gasteiger partial charge on any atom is 0.277 e. The first-order valence-electron chi connectivity index (χ1n) is 4.94. The van der Waals surface area contributed by atoms with Crippen molar-refractivity contribution in [2.75, 3.05) is 0 Å². The van der Waals surface area contributed by atoms with Gasteiger partial charge in [-0.2, -0.15) is 17.9 Å². The molecule has 0 atom stereocenters. The van der Waals surface area contributed by atoms with Crippen LogP contribution in [-0.4, -0.2) is 19.6 Å². The van der Waals surface area contributed by atoms with E-state index in [1.807, 2.05) is 0 Å². The third-order valence-electron chi connectivity index (χ3n) is 1.79. The van der Waals surface area contributed by atoms with Gasteiger partial charge in [-0.05, 0) is 31.5 Å². The van der Waals surface area contributed by atoms with Crippen molar-refractivity contribution in [2.24, 2.45) is 0 Å². The second-order valence-corrected chi connectivity index (χ2v) is 5.29. The van der Waals surface area contributed by atoms with Crippen molar-refractivity contribution in [2.45, 2.75) is 26.4 Å². The number of rotatable bonds is 5. The molecule has 90 valence electrons. The summed E-state index contributed by atoms with van der Waals surface area (Å²) in [6.45, 7) is 3.70. The third-order valence-corrected chi connectivity index (χ3v) is 3.10. The fraction of sp³-hybridized carbons (Fsp3) is 0.400. The molecule has 1 aromatic carbocycles. The van der Waals surface area contributed by atoms with Crippen LogP contribution in [0.2, 0.25) is 0 Å². The molecule has 0 aromatic heterocycles. The van der Waals surface area contributed by atoms with Gasteiger partial charge in [0, 0.05) is 12.6 Å². The molecule has 0 aliphatic heterocycles. The normalized spacial score (nSPS) is 11.9. The van der Waals surface area contributed by atoms with E-state index in [-0.39, 0.29) is 18.3 Å². The second-order valence-electron chi connectivity index (χ2n) is 3.76. The Morgan fingerprint density at radius 2 is 1.81 bits per heavy atom. The molecule has 0 heterocycles. The summed E-state index contributed by atoms with van der Waals surface area (Å²) in [7, 11) is -3.45. The molecule has 0 radical (unpaired) electrons. The third kappa shape index (κ3) is 4.61. The molecular formula is C10H16N2O3S. The largest absolute Gasteiger partial charge is 0.508 e. The Kier molecular flexibility index (Phi) is 4.28. The molecule has 0 bridgehead atoms. The zero-order valence-corrected chi connectivity index (χ0v) is 10.1. The summed E-state index contributed by atoms with van der Waals surface area (Å²) in [5.74, 6) is 0.159. The van der Waals surface area contributed by atoms with Crippen molar-refractivity contribution in [3.63, 3.8) is 0 Å². The van der Waals surface area contributed by atoms with Crippen LogP contribution in [0.4, 0.5) is 0 Å². The first kappa shape index (κ1) is 13.0. The quantitative estimate of drug-likeness (QED) is 0.714. The number of aromatic hydroxyl groups is 1. The van der Waals surface area contributed by atoms with E-state index < -0.39 is 10.2 Å². The van der Waals surface area contributed by atoms with Gasteiger partial charge in [-0.25, -0.2) is 0 Å². The summed E-state index contributed by atoms with van der Waals surface area (Å²) < 4.78 is 27.6. The lowest BCUT2D eigenvalue weighted by Crippen LogP contribution is -2.39. The van der Waals surface area contributed by atoms with E-state index in [0.29, 0.717) is 0 Å². The molecular weight excluding hydrogens is 228 g/mol. The Morgan fingerprint density at radius 3 is 2.31 bits per heavy atom. The number of nitrogens with one attached hydrogen (secondary N) is 2. The molecule has 0 aliphatic rings. The predicted octanol–water partition coefficient (Wildman–Crippen LogP) is 0.725. The maximum absolute atomic E-state index is 11.4. The average Bonchev–Trinajstić information content (AvgIpc) is 2.15. The minimum Gasteiger partial charge on any atom is -0.508 e. The minimum atomic E-state index is -3.45. The molecule has 0 unspecified atom stereocenters. The highest BCUT2D eigenvalue weighted by atomic mass is 32.2. The van der Waals surface area contributed by atoms with Gasteiger partial charge in [0.2, 0.25) is 0 Å². The van der Waals surface area contributed by atoms with Gasteiger partial charge in [-0.3, -0.25) is 0 Å². The summed E-state index contributed by atoms with van der Waals surface area (Å²) in [5, 5.41) is 9.05. The van der Waals surface area contributed by atoms with Gasteiger partial charge >= 0.3 is 0 Å². The van der Waals surface area contributed by atoms with Crippen molar-refractivity contribution < 1.29 is 13.5 Å². The Bertz CT molecular complexity index is 426. The minimum absolute atomic E-state index is 0.141. The van der Waals surface area contributed by atoms with Crippen LogP contribution in [0.1, 0.15) is 19.4 Å². The van der Waals surface area contributed by atoms with Crippen LogP contribution in [0.15, 0.2) is 24.3 Å². The summed E-state index contributed by atoms with van der Waals surface area (Å²) in [6.07, 6.45) is 0. The number of hydrogen-bond acceptors (Lipinski definition) is 3. The Balaban J connectivity index is 2.54. The summed E-state index contributed by atoms with van der Waals surface area (Å²) in [4.78, 5) is 0. The Hall–Kier alpha value is -1.11. The molecule has 0 spiro atoms. The van der Waals surface area contributed by atoms with Gasteiger partial charge in [0.05, 0.1) is 0 Å². The Morgan fingerprint density at radius 1 is 1.25 bits per heavy atom. The van der Waals surface area contributed by atoms with Crippen molar-refractivity contribution in [3.05, 3.63) is 29.8 Å². The van der Waals surface area contributed by atoms with E-state index in [4.69, 9.17) is 5.11 Å². The molecule has 0 saturated heterocycles. The monoisotopic (exact) mass is 244 g/mol. The lowest BCUT2D eigenvalue weighted by molar-refractivity contribution is 0.475. The fourth-order valence-electron chi connectivity index (χ4n) is 1.14. The van der Waals surface area contributed by atoms with Crippen molar-refractivity contribution in [3.8, 4) is 5.75 Å². The van der Waals surface area contributed by atoms with Crippen LogP contribution < -0.4 is 9.44 Å². The zero-order chi connectivity index (χ0) is 12.2. The lowest BCUT2D eigenvalue weighted by Gasteiger charge is -2.10. The molecule has 0 fully saturated rings. The molecule has 16 heavy (non-hydrogen) atoms. The molecule has 0 amide bonds. The summed E-state index contributed by atoms with van der Waals surface area (Å²) >= 11 is 0. The highest BCUT2D eigenvalue weighted by Gasteiger charge is 2.10. The molecule has 0 aliphatic carbocycles. The van der Waals surface area contributed by atoms with Gasteiger partial charge in [-0.1, -0.05) is 12.1 Å². The second kappa shape index (κ2) is 5.29. The van der Waals surface area contributed by atoms with Gasteiger partial charge in [0.1, 0.15) is 5.75 Å². The first-order chi connectivity index (χ1) is 7.39. The summed E-state index contributed by atoms with van der Waals surface area (Å²) in [5.41, 5.74) is 0.784. The molecule has 0 saturated carbocycles. The standard InChI is InChI=1S/C10H16N2O3S/c1-8(2)12-16(14,15)11-7-9-3-5-10(13)6-4-9/h3-6,8,11-13H,7H2,1-2H3. The van der Waals surface area contributed by atoms with Crippen molar-refractivity contribution in [1.29, 1.82) is 0 Å². The molecule has 3 N–H and O–H groups in total. The number of phenolic OH excluding ortho intramolecular Hbond substituents is 1.